The molecular weight excluding hydrogens is 288 g/mol. The van der Waals surface area contributed by atoms with E-state index in [1.807, 2.05) is 0 Å². The third-order valence-corrected chi connectivity index (χ3v) is 2.77. The SMILES string of the molecule is CC(C)CONCc1ccc([N+](=O)[O-])cc1Br. The molecule has 0 heterocycles. The van der Waals surface area contributed by atoms with Crippen molar-refractivity contribution in [2.75, 3.05) is 6.61 Å². The number of nitrogens with one attached hydrogen (secondary N) is 1. The lowest BCUT2D eigenvalue weighted by atomic mass is 10.2. The van der Waals surface area contributed by atoms with Crippen LogP contribution in [0.1, 0.15) is 19.4 Å². The van der Waals surface area contributed by atoms with Gasteiger partial charge in [-0.1, -0.05) is 29.8 Å². The van der Waals surface area contributed by atoms with E-state index in [9.17, 15) is 10.1 Å². The number of halogens is 1. The van der Waals surface area contributed by atoms with Crippen LogP contribution < -0.4 is 5.48 Å². The molecule has 0 saturated carbocycles. The smallest absolute Gasteiger partial charge is 0.270 e. The Hall–Kier alpha value is -0.980. The van der Waals surface area contributed by atoms with E-state index < -0.39 is 4.92 Å². The quantitative estimate of drug-likeness (QED) is 0.498. The molecule has 1 aromatic carbocycles. The minimum atomic E-state index is -0.419. The molecule has 94 valence electrons. The fourth-order valence-corrected chi connectivity index (χ4v) is 1.65. The summed E-state index contributed by atoms with van der Waals surface area (Å²) >= 11 is 3.30. The minimum absolute atomic E-state index is 0.0729. The van der Waals surface area contributed by atoms with Crippen molar-refractivity contribution < 1.29 is 9.76 Å². The van der Waals surface area contributed by atoms with E-state index in [4.69, 9.17) is 4.84 Å². The standard InChI is InChI=1S/C11H15BrN2O3/c1-8(2)7-17-13-6-9-3-4-10(14(15)16)5-11(9)12/h3-5,8,13H,6-7H2,1-2H3. The van der Waals surface area contributed by atoms with Gasteiger partial charge in [0.15, 0.2) is 0 Å². The zero-order valence-corrected chi connectivity index (χ0v) is 11.4. The first-order valence-corrected chi connectivity index (χ1v) is 6.07. The van der Waals surface area contributed by atoms with Crippen LogP contribution >= 0.6 is 15.9 Å². The summed E-state index contributed by atoms with van der Waals surface area (Å²) < 4.78 is 0.701. The average Bonchev–Trinajstić information content (AvgIpc) is 2.25. The third kappa shape index (κ3) is 4.80. The van der Waals surface area contributed by atoms with E-state index in [0.717, 1.165) is 5.56 Å². The first kappa shape index (κ1) is 14.1. The number of nitro groups is 1. The van der Waals surface area contributed by atoms with Crippen LogP contribution in [0.3, 0.4) is 0 Å². The van der Waals surface area contributed by atoms with Gasteiger partial charge in [-0.15, -0.1) is 0 Å². The normalized spacial score (nSPS) is 10.8. The lowest BCUT2D eigenvalue weighted by Crippen LogP contribution is -2.17. The van der Waals surface area contributed by atoms with Crippen LogP contribution in [0, 0.1) is 16.0 Å². The number of hydrogen-bond donors (Lipinski definition) is 1. The van der Waals surface area contributed by atoms with E-state index in [2.05, 4.69) is 35.3 Å². The predicted molar refractivity (Wildman–Crippen MR) is 68.4 cm³/mol. The van der Waals surface area contributed by atoms with Crippen LogP contribution in [-0.2, 0) is 11.4 Å². The highest BCUT2D eigenvalue weighted by Gasteiger charge is 2.08. The highest BCUT2D eigenvalue weighted by molar-refractivity contribution is 9.10. The molecular formula is C11H15BrN2O3. The Kier molecular flexibility index (Phi) is 5.54. The number of benzene rings is 1. The minimum Gasteiger partial charge on any atom is -0.301 e. The van der Waals surface area contributed by atoms with Gasteiger partial charge in [0, 0.05) is 23.2 Å². The summed E-state index contributed by atoms with van der Waals surface area (Å²) in [6.45, 7) is 5.25. The van der Waals surface area contributed by atoms with Crippen LogP contribution in [-0.4, -0.2) is 11.5 Å². The maximum Gasteiger partial charge on any atom is 0.270 e. The zero-order valence-electron chi connectivity index (χ0n) is 9.77. The number of nitrogens with zero attached hydrogens (tertiary/aromatic N) is 1. The van der Waals surface area contributed by atoms with Crippen molar-refractivity contribution in [2.45, 2.75) is 20.4 Å². The molecule has 0 bridgehead atoms. The molecule has 0 aromatic heterocycles. The van der Waals surface area contributed by atoms with Gasteiger partial charge in [0.2, 0.25) is 0 Å². The third-order valence-electron chi connectivity index (χ3n) is 2.03. The molecule has 17 heavy (non-hydrogen) atoms. The first-order chi connectivity index (χ1) is 8.00. The molecule has 0 saturated heterocycles. The second-order valence-corrected chi connectivity index (χ2v) is 4.91. The summed E-state index contributed by atoms with van der Waals surface area (Å²) in [6, 6.07) is 4.66. The maximum absolute atomic E-state index is 10.5. The van der Waals surface area contributed by atoms with E-state index >= 15 is 0 Å². The molecule has 0 atom stereocenters. The first-order valence-electron chi connectivity index (χ1n) is 5.28. The number of rotatable bonds is 6. The summed E-state index contributed by atoms with van der Waals surface area (Å²) in [5.74, 6) is 0.461. The van der Waals surface area contributed by atoms with Gasteiger partial charge in [-0.3, -0.25) is 10.1 Å². The second kappa shape index (κ2) is 6.68. The van der Waals surface area contributed by atoms with Gasteiger partial charge >= 0.3 is 0 Å². The number of hydrogen-bond acceptors (Lipinski definition) is 4. The van der Waals surface area contributed by atoms with Crippen molar-refractivity contribution in [1.29, 1.82) is 0 Å². The van der Waals surface area contributed by atoms with Gasteiger partial charge in [0.25, 0.3) is 5.69 Å². The molecule has 0 unspecified atom stereocenters. The van der Waals surface area contributed by atoms with Crippen LogP contribution in [0.2, 0.25) is 0 Å². The molecule has 0 spiro atoms. The molecule has 5 nitrogen and oxygen atoms in total. The molecule has 0 amide bonds. The maximum atomic E-state index is 10.5. The van der Waals surface area contributed by atoms with Crippen LogP contribution in [0.15, 0.2) is 22.7 Å². The van der Waals surface area contributed by atoms with Gasteiger partial charge in [-0.2, -0.15) is 5.48 Å². The Balaban J connectivity index is 2.52. The van der Waals surface area contributed by atoms with Crippen molar-refractivity contribution in [1.82, 2.24) is 5.48 Å². The highest BCUT2D eigenvalue weighted by atomic mass is 79.9. The fourth-order valence-electron chi connectivity index (χ4n) is 1.15. The molecule has 6 heteroatoms. The van der Waals surface area contributed by atoms with Crippen molar-refractivity contribution in [3.8, 4) is 0 Å². The Morgan fingerprint density at radius 1 is 1.53 bits per heavy atom. The zero-order chi connectivity index (χ0) is 12.8. The second-order valence-electron chi connectivity index (χ2n) is 4.06. The molecule has 0 aliphatic carbocycles. The van der Waals surface area contributed by atoms with E-state index in [-0.39, 0.29) is 5.69 Å². The van der Waals surface area contributed by atoms with Crippen LogP contribution in [0.25, 0.3) is 0 Å². The Morgan fingerprint density at radius 2 is 2.24 bits per heavy atom. The molecule has 1 N–H and O–H groups in total. The molecule has 0 radical (unpaired) electrons. The van der Waals surface area contributed by atoms with Crippen LogP contribution in [0.5, 0.6) is 0 Å². The number of hydroxylamine groups is 1. The van der Waals surface area contributed by atoms with Crippen molar-refractivity contribution >= 4 is 21.6 Å². The Morgan fingerprint density at radius 3 is 2.76 bits per heavy atom. The van der Waals surface area contributed by atoms with E-state index in [1.165, 1.54) is 12.1 Å². The van der Waals surface area contributed by atoms with Crippen LogP contribution in [0.4, 0.5) is 5.69 Å². The molecule has 0 fully saturated rings. The Labute approximate surface area is 108 Å². The van der Waals surface area contributed by atoms with E-state index in [1.54, 1.807) is 6.07 Å². The molecule has 1 aromatic rings. The topological polar surface area (TPSA) is 64.4 Å². The lowest BCUT2D eigenvalue weighted by Gasteiger charge is -2.09. The number of non-ortho nitro benzene ring substituents is 1. The molecule has 0 aliphatic rings. The van der Waals surface area contributed by atoms with Crippen molar-refractivity contribution in [2.24, 2.45) is 5.92 Å². The molecule has 0 aliphatic heterocycles. The lowest BCUT2D eigenvalue weighted by molar-refractivity contribution is -0.384. The van der Waals surface area contributed by atoms with Gasteiger partial charge in [-0.05, 0) is 17.5 Å². The fraction of sp³-hybridized carbons (Fsp3) is 0.455. The summed E-state index contributed by atoms with van der Waals surface area (Å²) in [5.41, 5.74) is 3.81. The number of nitro benzene ring substituents is 1. The van der Waals surface area contributed by atoms with Gasteiger partial charge in [0.05, 0.1) is 11.5 Å². The molecule has 1 rings (SSSR count). The van der Waals surface area contributed by atoms with Gasteiger partial charge in [-0.25, -0.2) is 0 Å². The summed E-state index contributed by atoms with van der Waals surface area (Å²) in [6.07, 6.45) is 0. The van der Waals surface area contributed by atoms with Crippen molar-refractivity contribution in [3.63, 3.8) is 0 Å². The highest BCUT2D eigenvalue weighted by Crippen LogP contribution is 2.22. The summed E-state index contributed by atoms with van der Waals surface area (Å²) in [4.78, 5) is 15.4. The average molecular weight is 303 g/mol. The summed E-state index contributed by atoms with van der Waals surface area (Å²) in [5, 5.41) is 10.5. The van der Waals surface area contributed by atoms with Gasteiger partial charge in [0.1, 0.15) is 0 Å². The van der Waals surface area contributed by atoms with E-state index in [0.29, 0.717) is 23.5 Å². The van der Waals surface area contributed by atoms with Crippen molar-refractivity contribution in [3.05, 3.63) is 38.3 Å². The predicted octanol–water partition coefficient (Wildman–Crippen LogP) is 3.03. The monoisotopic (exact) mass is 302 g/mol. The van der Waals surface area contributed by atoms with Gasteiger partial charge < -0.3 is 4.84 Å². The summed E-state index contributed by atoms with van der Waals surface area (Å²) in [7, 11) is 0. The largest absolute Gasteiger partial charge is 0.301 e. The Bertz CT molecular complexity index is 396.